The maximum atomic E-state index is 8.90. The lowest BCUT2D eigenvalue weighted by Gasteiger charge is -2.40. The van der Waals surface area contributed by atoms with Crippen LogP contribution in [-0.4, -0.2) is 43.9 Å². The van der Waals surface area contributed by atoms with Gasteiger partial charge in [0.05, 0.1) is 31.0 Å². The van der Waals surface area contributed by atoms with Gasteiger partial charge in [-0.1, -0.05) is 18.6 Å². The molecule has 1 saturated heterocycles. The Hall–Kier alpha value is -1.41. The molecule has 1 aliphatic carbocycles. The number of morpholine rings is 1. The zero-order chi connectivity index (χ0) is 15.4. The standard InChI is InChI=1S/C18H24N2O2/c1-21-18-4-2-3-16(18)17-13-22-10-9-20(17)12-15-7-5-14(11-19)6-8-15/h5-8,16-18H,2-4,9-10,12-13H2,1H3/t16-,17+,18-/m1/s1. The molecule has 0 aromatic heterocycles. The lowest BCUT2D eigenvalue weighted by atomic mass is 9.93. The maximum absolute atomic E-state index is 8.90. The van der Waals surface area contributed by atoms with Crippen LogP contribution in [0.2, 0.25) is 0 Å². The fraction of sp³-hybridized carbons (Fsp3) is 0.611. The molecular weight excluding hydrogens is 276 g/mol. The monoisotopic (exact) mass is 300 g/mol. The van der Waals surface area contributed by atoms with Gasteiger partial charge < -0.3 is 9.47 Å². The highest BCUT2D eigenvalue weighted by Gasteiger charge is 2.38. The third-order valence-electron chi connectivity index (χ3n) is 5.05. The largest absolute Gasteiger partial charge is 0.381 e. The van der Waals surface area contributed by atoms with Crippen LogP contribution in [0.5, 0.6) is 0 Å². The molecule has 1 saturated carbocycles. The summed E-state index contributed by atoms with van der Waals surface area (Å²) in [7, 11) is 1.83. The first-order chi connectivity index (χ1) is 10.8. The smallest absolute Gasteiger partial charge is 0.0991 e. The van der Waals surface area contributed by atoms with Gasteiger partial charge in [-0.3, -0.25) is 4.90 Å². The first-order valence-corrected chi connectivity index (χ1v) is 8.15. The molecule has 22 heavy (non-hydrogen) atoms. The summed E-state index contributed by atoms with van der Waals surface area (Å²) in [5.41, 5.74) is 1.98. The van der Waals surface area contributed by atoms with Crippen LogP contribution in [0.25, 0.3) is 0 Å². The SMILES string of the molecule is CO[C@@H]1CCC[C@@H]1[C@@H]1COCCN1Cc1ccc(C#N)cc1. The molecule has 3 atom stereocenters. The molecule has 1 heterocycles. The van der Waals surface area contributed by atoms with Crippen molar-refractivity contribution in [2.24, 2.45) is 5.92 Å². The molecular formula is C18H24N2O2. The van der Waals surface area contributed by atoms with Crippen LogP contribution in [0, 0.1) is 17.2 Å². The summed E-state index contributed by atoms with van der Waals surface area (Å²) in [4.78, 5) is 2.53. The second kappa shape index (κ2) is 7.23. The summed E-state index contributed by atoms with van der Waals surface area (Å²) in [5, 5.41) is 8.90. The first kappa shape index (κ1) is 15.5. The summed E-state index contributed by atoms with van der Waals surface area (Å²) < 4.78 is 11.4. The lowest BCUT2D eigenvalue weighted by Crippen LogP contribution is -2.50. The van der Waals surface area contributed by atoms with E-state index in [2.05, 4.69) is 23.1 Å². The lowest BCUT2D eigenvalue weighted by molar-refractivity contribution is -0.0608. The highest BCUT2D eigenvalue weighted by atomic mass is 16.5. The molecule has 4 nitrogen and oxygen atoms in total. The van der Waals surface area contributed by atoms with Gasteiger partial charge in [0.15, 0.2) is 0 Å². The fourth-order valence-electron chi connectivity index (χ4n) is 3.85. The van der Waals surface area contributed by atoms with Crippen molar-refractivity contribution in [3.05, 3.63) is 35.4 Å². The van der Waals surface area contributed by atoms with Crippen LogP contribution in [0.3, 0.4) is 0 Å². The van der Waals surface area contributed by atoms with Crippen LogP contribution in [0.15, 0.2) is 24.3 Å². The number of rotatable bonds is 4. The normalized spacial score (nSPS) is 29.4. The molecule has 2 aliphatic rings. The van der Waals surface area contributed by atoms with Crippen LogP contribution < -0.4 is 0 Å². The van der Waals surface area contributed by atoms with Gasteiger partial charge in [0, 0.05) is 32.2 Å². The maximum Gasteiger partial charge on any atom is 0.0991 e. The molecule has 0 bridgehead atoms. The van der Waals surface area contributed by atoms with E-state index in [1.165, 1.54) is 24.8 Å². The Balaban J connectivity index is 1.70. The Bertz CT molecular complexity index is 523. The number of ether oxygens (including phenoxy) is 2. The van der Waals surface area contributed by atoms with Crippen molar-refractivity contribution in [1.82, 2.24) is 4.90 Å². The summed E-state index contributed by atoms with van der Waals surface area (Å²) in [6, 6.07) is 10.5. The van der Waals surface area contributed by atoms with Gasteiger partial charge in [-0.15, -0.1) is 0 Å². The molecule has 0 radical (unpaired) electrons. The number of nitrogens with zero attached hydrogens (tertiary/aromatic N) is 2. The Kier molecular flexibility index (Phi) is 5.09. The molecule has 2 fully saturated rings. The van der Waals surface area contributed by atoms with Crippen LogP contribution in [-0.2, 0) is 16.0 Å². The van der Waals surface area contributed by atoms with Gasteiger partial charge in [0.2, 0.25) is 0 Å². The summed E-state index contributed by atoms with van der Waals surface area (Å²) in [6.45, 7) is 3.50. The fourth-order valence-corrected chi connectivity index (χ4v) is 3.85. The molecule has 0 N–H and O–H groups in total. The molecule has 4 heteroatoms. The van der Waals surface area contributed by atoms with E-state index in [1.807, 2.05) is 19.2 Å². The molecule has 0 amide bonds. The van der Waals surface area contributed by atoms with Crippen LogP contribution in [0.1, 0.15) is 30.4 Å². The van der Waals surface area contributed by atoms with Gasteiger partial charge in [-0.05, 0) is 30.5 Å². The molecule has 1 aromatic carbocycles. The number of nitriles is 1. The van der Waals surface area contributed by atoms with E-state index in [4.69, 9.17) is 14.7 Å². The summed E-state index contributed by atoms with van der Waals surface area (Å²) >= 11 is 0. The number of benzene rings is 1. The van der Waals surface area contributed by atoms with Crippen molar-refractivity contribution in [2.75, 3.05) is 26.9 Å². The van der Waals surface area contributed by atoms with E-state index in [1.54, 1.807) is 0 Å². The Morgan fingerprint density at radius 1 is 1.32 bits per heavy atom. The summed E-state index contributed by atoms with van der Waals surface area (Å²) in [5.74, 6) is 0.573. The van der Waals surface area contributed by atoms with Gasteiger partial charge in [0.25, 0.3) is 0 Å². The van der Waals surface area contributed by atoms with Crippen molar-refractivity contribution >= 4 is 0 Å². The Morgan fingerprint density at radius 3 is 2.86 bits per heavy atom. The van der Waals surface area contributed by atoms with Crippen molar-refractivity contribution in [3.63, 3.8) is 0 Å². The molecule has 0 spiro atoms. The zero-order valence-corrected chi connectivity index (χ0v) is 13.2. The van der Waals surface area contributed by atoms with Gasteiger partial charge >= 0.3 is 0 Å². The number of hydrogen-bond donors (Lipinski definition) is 0. The van der Waals surface area contributed by atoms with Crippen molar-refractivity contribution < 1.29 is 9.47 Å². The predicted molar refractivity (Wildman–Crippen MR) is 84.3 cm³/mol. The second-order valence-corrected chi connectivity index (χ2v) is 6.29. The van der Waals surface area contributed by atoms with Crippen molar-refractivity contribution in [1.29, 1.82) is 5.26 Å². The van der Waals surface area contributed by atoms with E-state index in [0.29, 0.717) is 18.1 Å². The molecule has 0 unspecified atom stereocenters. The Labute approximate surface area is 132 Å². The van der Waals surface area contributed by atoms with Gasteiger partial charge in [-0.2, -0.15) is 5.26 Å². The average molecular weight is 300 g/mol. The van der Waals surface area contributed by atoms with Gasteiger partial charge in [-0.25, -0.2) is 0 Å². The topological polar surface area (TPSA) is 45.5 Å². The minimum absolute atomic E-state index is 0.371. The van der Waals surface area contributed by atoms with E-state index < -0.39 is 0 Å². The minimum Gasteiger partial charge on any atom is -0.381 e. The van der Waals surface area contributed by atoms with Crippen LogP contribution >= 0.6 is 0 Å². The highest BCUT2D eigenvalue weighted by Crippen LogP contribution is 2.34. The minimum atomic E-state index is 0.371. The molecule has 118 valence electrons. The zero-order valence-electron chi connectivity index (χ0n) is 13.2. The van der Waals surface area contributed by atoms with Gasteiger partial charge in [0.1, 0.15) is 0 Å². The van der Waals surface area contributed by atoms with Crippen molar-refractivity contribution in [2.45, 2.75) is 38.0 Å². The molecule has 3 rings (SSSR count). The van der Waals surface area contributed by atoms with Crippen molar-refractivity contribution in [3.8, 4) is 6.07 Å². The molecule has 1 aromatic rings. The third kappa shape index (κ3) is 3.33. The molecule has 1 aliphatic heterocycles. The van der Waals surface area contributed by atoms with E-state index in [9.17, 15) is 0 Å². The Morgan fingerprint density at radius 2 is 2.14 bits per heavy atom. The number of hydrogen-bond acceptors (Lipinski definition) is 4. The third-order valence-corrected chi connectivity index (χ3v) is 5.05. The van der Waals surface area contributed by atoms with Crippen LogP contribution in [0.4, 0.5) is 0 Å². The van der Waals surface area contributed by atoms with E-state index in [0.717, 1.165) is 31.9 Å². The number of methoxy groups -OCH3 is 1. The highest BCUT2D eigenvalue weighted by molar-refractivity contribution is 5.31. The second-order valence-electron chi connectivity index (χ2n) is 6.29. The summed E-state index contributed by atoms with van der Waals surface area (Å²) in [6.07, 6.45) is 4.03. The van der Waals surface area contributed by atoms with E-state index >= 15 is 0 Å². The van der Waals surface area contributed by atoms with E-state index in [-0.39, 0.29) is 0 Å². The average Bonchev–Trinajstić information content (AvgIpc) is 3.04. The quantitative estimate of drug-likeness (QED) is 0.857. The first-order valence-electron chi connectivity index (χ1n) is 8.15. The predicted octanol–water partition coefficient (Wildman–Crippen LogP) is 2.57.